The van der Waals surface area contributed by atoms with Crippen molar-refractivity contribution in [3.8, 4) is 5.69 Å². The molecule has 5 nitrogen and oxygen atoms in total. The molecule has 8 heteroatoms. The Balaban J connectivity index is 2.22. The fourth-order valence-corrected chi connectivity index (χ4v) is 2.99. The molecule has 2 aromatic heterocycles. The number of hydrogen-bond donors (Lipinski definition) is 0. The Morgan fingerprint density at radius 1 is 1.12 bits per heavy atom. The average molecular weight is 363 g/mol. The Hall–Kier alpha value is -2.44. The number of para-hydroxylation sites is 1. The zero-order valence-corrected chi connectivity index (χ0v) is 13.6. The summed E-state index contributed by atoms with van der Waals surface area (Å²) < 4.78 is 16.9. The first kappa shape index (κ1) is 15.1. The predicted molar refractivity (Wildman–Crippen MR) is 90.6 cm³/mol. The van der Waals surface area contributed by atoms with E-state index in [1.165, 1.54) is 16.7 Å². The second kappa shape index (κ2) is 5.58. The van der Waals surface area contributed by atoms with Crippen LogP contribution < -0.4 is 5.56 Å². The summed E-state index contributed by atoms with van der Waals surface area (Å²) in [6, 6.07) is 11.2. The first-order chi connectivity index (χ1) is 11.6. The Morgan fingerprint density at radius 3 is 2.67 bits per heavy atom. The summed E-state index contributed by atoms with van der Waals surface area (Å²) in [5.74, 6) is 0.254. The highest BCUT2D eigenvalue weighted by Crippen LogP contribution is 2.21. The van der Waals surface area contributed by atoms with E-state index in [0.717, 1.165) is 0 Å². The number of aromatic nitrogens is 4. The molecule has 0 aliphatic heterocycles. The van der Waals surface area contributed by atoms with Crippen molar-refractivity contribution < 1.29 is 4.39 Å². The number of benzene rings is 2. The van der Waals surface area contributed by atoms with Crippen LogP contribution in [0.5, 0.6) is 0 Å². The minimum absolute atomic E-state index is 0.0217. The normalized spacial score (nSPS) is 11.5. The van der Waals surface area contributed by atoms with Gasteiger partial charge in [0, 0.05) is 0 Å². The van der Waals surface area contributed by atoms with Gasteiger partial charge in [0.1, 0.15) is 5.82 Å². The maximum atomic E-state index is 13.9. The zero-order valence-electron chi connectivity index (χ0n) is 12.1. The zero-order chi connectivity index (χ0) is 16.8. The van der Waals surface area contributed by atoms with Crippen LogP contribution in [0.1, 0.15) is 5.82 Å². The Kier molecular flexibility index (Phi) is 3.51. The first-order valence-corrected chi connectivity index (χ1v) is 7.92. The molecule has 0 atom stereocenters. The predicted octanol–water partition coefficient (Wildman–Crippen LogP) is 3.56. The maximum Gasteiger partial charge on any atom is 0.267 e. The van der Waals surface area contributed by atoms with E-state index < -0.39 is 5.82 Å². The summed E-state index contributed by atoms with van der Waals surface area (Å²) >= 11 is 11.7. The van der Waals surface area contributed by atoms with Gasteiger partial charge in [0.05, 0.1) is 27.5 Å². The van der Waals surface area contributed by atoms with E-state index in [1.54, 1.807) is 28.7 Å². The standard InChI is InChI=1S/C16H9Cl2FN4O/c17-8-14-20-21-16-22(9-5-6-11(18)12(19)7-9)15(24)10-3-1-2-4-13(10)23(14)16/h1-7H,8H2. The van der Waals surface area contributed by atoms with Crippen LogP contribution in [-0.4, -0.2) is 19.2 Å². The van der Waals surface area contributed by atoms with Crippen molar-refractivity contribution in [1.82, 2.24) is 19.2 Å². The van der Waals surface area contributed by atoms with Crippen molar-refractivity contribution in [2.45, 2.75) is 5.88 Å². The lowest BCUT2D eigenvalue weighted by Gasteiger charge is -2.11. The molecule has 0 unspecified atom stereocenters. The number of fused-ring (bicyclic) bond motifs is 3. The van der Waals surface area contributed by atoms with Crippen LogP contribution in [0.3, 0.4) is 0 Å². The van der Waals surface area contributed by atoms with Gasteiger partial charge in [-0.1, -0.05) is 23.7 Å². The summed E-state index contributed by atoms with van der Waals surface area (Å²) in [6.07, 6.45) is 0. The van der Waals surface area contributed by atoms with E-state index in [2.05, 4.69) is 10.2 Å². The fraction of sp³-hybridized carbons (Fsp3) is 0.0625. The second-order valence-electron chi connectivity index (χ2n) is 5.14. The summed E-state index contributed by atoms with van der Waals surface area (Å²) in [7, 11) is 0. The van der Waals surface area contributed by atoms with E-state index in [9.17, 15) is 9.18 Å². The number of hydrogen-bond acceptors (Lipinski definition) is 3. The number of halogens is 3. The topological polar surface area (TPSA) is 52.2 Å². The molecule has 4 rings (SSSR count). The van der Waals surface area contributed by atoms with Crippen molar-refractivity contribution in [3.05, 3.63) is 69.5 Å². The molecule has 2 heterocycles. The lowest BCUT2D eigenvalue weighted by atomic mass is 10.2. The average Bonchev–Trinajstić information content (AvgIpc) is 3.02. The van der Waals surface area contributed by atoms with Crippen LogP contribution >= 0.6 is 23.2 Å². The quantitative estimate of drug-likeness (QED) is 0.512. The summed E-state index contributed by atoms with van der Waals surface area (Å²) in [5, 5.41) is 8.53. The highest BCUT2D eigenvalue weighted by atomic mass is 35.5. The molecule has 0 aliphatic carbocycles. The highest BCUT2D eigenvalue weighted by Gasteiger charge is 2.17. The van der Waals surface area contributed by atoms with Gasteiger partial charge in [-0.25, -0.2) is 8.96 Å². The number of alkyl halides is 1. The molecule has 0 bridgehead atoms. The van der Waals surface area contributed by atoms with Crippen LogP contribution in [0.15, 0.2) is 47.3 Å². The van der Waals surface area contributed by atoms with Crippen LogP contribution in [0.4, 0.5) is 4.39 Å². The lowest BCUT2D eigenvalue weighted by Crippen LogP contribution is -2.22. The molecule has 0 aliphatic rings. The van der Waals surface area contributed by atoms with Gasteiger partial charge in [-0.2, -0.15) is 0 Å². The van der Waals surface area contributed by atoms with Gasteiger partial charge in [-0.15, -0.1) is 21.8 Å². The van der Waals surface area contributed by atoms with E-state index >= 15 is 0 Å². The van der Waals surface area contributed by atoms with E-state index in [1.807, 2.05) is 6.07 Å². The SMILES string of the molecule is O=c1c2ccccc2n2c(CCl)nnc2n1-c1ccc(Cl)c(F)c1. The molecule has 0 fully saturated rings. The Bertz CT molecular complexity index is 1150. The molecule has 0 saturated carbocycles. The van der Waals surface area contributed by atoms with Gasteiger partial charge >= 0.3 is 0 Å². The third-order valence-corrected chi connectivity index (χ3v) is 4.32. The molecular weight excluding hydrogens is 354 g/mol. The summed E-state index contributed by atoms with van der Waals surface area (Å²) in [4.78, 5) is 12.9. The number of nitrogens with zero attached hydrogens (tertiary/aromatic N) is 4. The molecule has 0 N–H and O–H groups in total. The molecule has 0 amide bonds. The second-order valence-corrected chi connectivity index (χ2v) is 5.82. The Labute approximate surface area is 144 Å². The van der Waals surface area contributed by atoms with Crippen molar-refractivity contribution in [1.29, 1.82) is 0 Å². The van der Waals surface area contributed by atoms with Crippen molar-refractivity contribution in [3.63, 3.8) is 0 Å². The molecule has 0 saturated heterocycles. The van der Waals surface area contributed by atoms with E-state index in [0.29, 0.717) is 22.4 Å². The highest BCUT2D eigenvalue weighted by molar-refractivity contribution is 6.30. The van der Waals surface area contributed by atoms with Gasteiger partial charge in [0.25, 0.3) is 5.56 Å². The van der Waals surface area contributed by atoms with Gasteiger partial charge in [0.2, 0.25) is 5.78 Å². The minimum atomic E-state index is -0.621. The van der Waals surface area contributed by atoms with Gasteiger partial charge in [-0.3, -0.25) is 9.20 Å². The van der Waals surface area contributed by atoms with Gasteiger partial charge in [-0.05, 0) is 30.3 Å². The van der Waals surface area contributed by atoms with E-state index in [4.69, 9.17) is 23.2 Å². The monoisotopic (exact) mass is 362 g/mol. The Morgan fingerprint density at radius 2 is 1.92 bits per heavy atom. The third kappa shape index (κ3) is 2.11. The van der Waals surface area contributed by atoms with Crippen LogP contribution in [0.25, 0.3) is 22.4 Å². The fourth-order valence-electron chi connectivity index (χ4n) is 2.70. The van der Waals surface area contributed by atoms with Crippen LogP contribution in [0, 0.1) is 5.82 Å². The summed E-state index contributed by atoms with van der Waals surface area (Å²) in [5.41, 5.74) is 0.628. The van der Waals surface area contributed by atoms with Crippen LogP contribution in [-0.2, 0) is 5.88 Å². The van der Waals surface area contributed by atoms with Crippen molar-refractivity contribution in [2.75, 3.05) is 0 Å². The maximum absolute atomic E-state index is 13.9. The summed E-state index contributed by atoms with van der Waals surface area (Å²) in [6.45, 7) is 0. The molecule has 2 aromatic carbocycles. The molecule has 4 aromatic rings. The van der Waals surface area contributed by atoms with Crippen molar-refractivity contribution in [2.24, 2.45) is 0 Å². The van der Waals surface area contributed by atoms with Gasteiger partial charge in [0.15, 0.2) is 5.82 Å². The number of rotatable bonds is 2. The molecule has 120 valence electrons. The largest absolute Gasteiger partial charge is 0.268 e. The molecular formula is C16H9Cl2FN4O. The van der Waals surface area contributed by atoms with Crippen LogP contribution in [0.2, 0.25) is 5.02 Å². The van der Waals surface area contributed by atoms with Gasteiger partial charge < -0.3 is 0 Å². The van der Waals surface area contributed by atoms with E-state index in [-0.39, 0.29) is 22.2 Å². The van der Waals surface area contributed by atoms with Crippen molar-refractivity contribution >= 4 is 39.9 Å². The lowest BCUT2D eigenvalue weighted by molar-refractivity contribution is 0.627. The third-order valence-electron chi connectivity index (χ3n) is 3.77. The minimum Gasteiger partial charge on any atom is -0.268 e. The first-order valence-electron chi connectivity index (χ1n) is 7.01. The molecule has 0 radical (unpaired) electrons. The molecule has 24 heavy (non-hydrogen) atoms. The smallest absolute Gasteiger partial charge is 0.267 e. The molecule has 0 spiro atoms.